The molecule has 0 radical (unpaired) electrons. The molecule has 3 rings (SSSR count). The Labute approximate surface area is 128 Å². The van der Waals surface area contributed by atoms with Gasteiger partial charge in [-0.2, -0.15) is 0 Å². The third kappa shape index (κ3) is 3.05. The number of benzene rings is 2. The van der Waals surface area contributed by atoms with Crippen LogP contribution in [0.5, 0.6) is 0 Å². The van der Waals surface area contributed by atoms with E-state index in [0.29, 0.717) is 6.54 Å². The zero-order valence-electron chi connectivity index (χ0n) is 11.6. The fourth-order valence-electron chi connectivity index (χ4n) is 2.13. The molecular formula is C15H14N4O2S. The van der Waals surface area contributed by atoms with Gasteiger partial charge in [-0.05, 0) is 29.8 Å². The van der Waals surface area contributed by atoms with Crippen molar-refractivity contribution >= 4 is 26.7 Å². The normalized spacial score (nSPS) is 11.5. The summed E-state index contributed by atoms with van der Waals surface area (Å²) in [5.41, 5.74) is 1.79. The zero-order chi connectivity index (χ0) is 15.6. The Morgan fingerprint density at radius 2 is 1.73 bits per heavy atom. The van der Waals surface area contributed by atoms with Gasteiger partial charge in [-0.1, -0.05) is 24.3 Å². The third-order valence-corrected chi connectivity index (χ3v) is 4.18. The number of rotatable bonds is 4. The van der Waals surface area contributed by atoms with E-state index in [2.05, 4.69) is 15.3 Å². The molecule has 0 atom stereocenters. The number of para-hydroxylation sites is 1. The van der Waals surface area contributed by atoms with Crippen LogP contribution in [0.4, 0.5) is 5.82 Å². The van der Waals surface area contributed by atoms with E-state index in [1.165, 1.54) is 18.5 Å². The highest BCUT2D eigenvalue weighted by molar-refractivity contribution is 7.89. The number of aromatic nitrogens is 2. The van der Waals surface area contributed by atoms with Crippen LogP contribution in [0.25, 0.3) is 10.9 Å². The highest BCUT2D eigenvalue weighted by Gasteiger charge is 2.07. The molecule has 0 aliphatic carbocycles. The van der Waals surface area contributed by atoms with E-state index in [1.807, 2.05) is 24.3 Å². The summed E-state index contributed by atoms with van der Waals surface area (Å²) in [6, 6.07) is 14.1. The SMILES string of the molecule is NS(=O)(=O)c1ccc(CNc2ncnc3ccccc23)cc1. The molecular weight excluding hydrogens is 300 g/mol. The van der Waals surface area contributed by atoms with Crippen molar-refractivity contribution in [3.05, 3.63) is 60.4 Å². The molecule has 1 aromatic heterocycles. The first-order chi connectivity index (χ1) is 10.5. The second kappa shape index (κ2) is 5.70. The Bertz CT molecular complexity index is 903. The molecule has 0 bridgehead atoms. The molecule has 0 aliphatic rings. The van der Waals surface area contributed by atoms with Crippen LogP contribution in [-0.4, -0.2) is 18.4 Å². The first-order valence-electron chi connectivity index (χ1n) is 6.59. The number of anilines is 1. The van der Waals surface area contributed by atoms with Gasteiger partial charge in [-0.3, -0.25) is 0 Å². The van der Waals surface area contributed by atoms with Crippen molar-refractivity contribution in [3.63, 3.8) is 0 Å². The van der Waals surface area contributed by atoms with Gasteiger partial charge in [0.15, 0.2) is 0 Å². The molecule has 0 amide bonds. The van der Waals surface area contributed by atoms with Crippen LogP contribution >= 0.6 is 0 Å². The van der Waals surface area contributed by atoms with Gasteiger partial charge < -0.3 is 5.32 Å². The molecule has 3 aromatic rings. The molecule has 0 saturated carbocycles. The van der Waals surface area contributed by atoms with Gasteiger partial charge in [0.05, 0.1) is 10.4 Å². The smallest absolute Gasteiger partial charge is 0.238 e. The third-order valence-electron chi connectivity index (χ3n) is 3.25. The van der Waals surface area contributed by atoms with Crippen LogP contribution in [0.3, 0.4) is 0 Å². The van der Waals surface area contributed by atoms with E-state index in [1.54, 1.807) is 12.1 Å². The lowest BCUT2D eigenvalue weighted by molar-refractivity contribution is 0.598. The Balaban J connectivity index is 1.80. The topological polar surface area (TPSA) is 98.0 Å². The molecule has 112 valence electrons. The molecule has 7 heteroatoms. The number of nitrogens with two attached hydrogens (primary N) is 1. The minimum absolute atomic E-state index is 0.101. The number of nitrogens with zero attached hydrogens (tertiary/aromatic N) is 2. The van der Waals surface area contributed by atoms with Crippen LogP contribution in [0.15, 0.2) is 59.8 Å². The molecule has 6 nitrogen and oxygen atoms in total. The van der Waals surface area contributed by atoms with E-state index < -0.39 is 10.0 Å². The molecule has 2 aromatic carbocycles. The van der Waals surface area contributed by atoms with Crippen molar-refractivity contribution in [2.45, 2.75) is 11.4 Å². The fraction of sp³-hybridized carbons (Fsp3) is 0.0667. The molecule has 3 N–H and O–H groups in total. The second-order valence-corrected chi connectivity index (χ2v) is 6.34. The lowest BCUT2D eigenvalue weighted by atomic mass is 10.2. The van der Waals surface area contributed by atoms with Gasteiger partial charge in [0.2, 0.25) is 10.0 Å². The van der Waals surface area contributed by atoms with Crippen molar-refractivity contribution < 1.29 is 8.42 Å². The average Bonchev–Trinajstić information content (AvgIpc) is 2.52. The van der Waals surface area contributed by atoms with Gasteiger partial charge in [0.25, 0.3) is 0 Å². The molecule has 22 heavy (non-hydrogen) atoms. The monoisotopic (exact) mass is 314 g/mol. The van der Waals surface area contributed by atoms with Gasteiger partial charge in [-0.25, -0.2) is 23.5 Å². The van der Waals surface area contributed by atoms with Crippen LogP contribution in [0, 0.1) is 0 Å². The summed E-state index contributed by atoms with van der Waals surface area (Å²) in [4.78, 5) is 8.55. The maximum Gasteiger partial charge on any atom is 0.238 e. The minimum Gasteiger partial charge on any atom is -0.365 e. The summed E-state index contributed by atoms with van der Waals surface area (Å²) in [5.74, 6) is 0.737. The largest absolute Gasteiger partial charge is 0.365 e. The molecule has 0 spiro atoms. The lowest BCUT2D eigenvalue weighted by Gasteiger charge is -2.08. The first-order valence-corrected chi connectivity index (χ1v) is 8.14. The van der Waals surface area contributed by atoms with Crippen LogP contribution in [0.1, 0.15) is 5.56 Å². The summed E-state index contributed by atoms with van der Waals surface area (Å²) < 4.78 is 22.4. The number of hydrogen-bond acceptors (Lipinski definition) is 5. The second-order valence-electron chi connectivity index (χ2n) is 4.78. The Kier molecular flexibility index (Phi) is 3.74. The summed E-state index contributed by atoms with van der Waals surface area (Å²) >= 11 is 0. The van der Waals surface area contributed by atoms with Crippen molar-refractivity contribution in [2.24, 2.45) is 5.14 Å². The summed E-state index contributed by atoms with van der Waals surface area (Å²) in [5, 5.41) is 9.24. The van der Waals surface area contributed by atoms with E-state index in [4.69, 9.17) is 5.14 Å². The standard InChI is InChI=1S/C15H14N4O2S/c16-22(20,21)12-7-5-11(6-8-12)9-17-15-13-3-1-2-4-14(13)18-10-19-15/h1-8,10H,9H2,(H2,16,20,21)(H,17,18,19). The first kappa shape index (κ1) is 14.4. The van der Waals surface area contributed by atoms with E-state index in [-0.39, 0.29) is 4.90 Å². The van der Waals surface area contributed by atoms with Crippen molar-refractivity contribution in [3.8, 4) is 0 Å². The summed E-state index contributed by atoms with van der Waals surface area (Å²) in [7, 11) is -3.66. The highest BCUT2D eigenvalue weighted by Crippen LogP contribution is 2.19. The summed E-state index contributed by atoms with van der Waals surface area (Å²) in [6.45, 7) is 0.520. The summed E-state index contributed by atoms with van der Waals surface area (Å²) in [6.07, 6.45) is 1.51. The predicted octanol–water partition coefficient (Wildman–Crippen LogP) is 1.89. The predicted molar refractivity (Wildman–Crippen MR) is 84.7 cm³/mol. The Morgan fingerprint density at radius 3 is 2.45 bits per heavy atom. The minimum atomic E-state index is -3.66. The Hall–Kier alpha value is -2.51. The Morgan fingerprint density at radius 1 is 1.00 bits per heavy atom. The lowest BCUT2D eigenvalue weighted by Crippen LogP contribution is -2.12. The highest BCUT2D eigenvalue weighted by atomic mass is 32.2. The maximum atomic E-state index is 11.2. The van der Waals surface area contributed by atoms with Crippen LogP contribution in [-0.2, 0) is 16.6 Å². The maximum absolute atomic E-state index is 11.2. The number of nitrogens with one attached hydrogen (secondary N) is 1. The van der Waals surface area contributed by atoms with Crippen LogP contribution in [0.2, 0.25) is 0 Å². The van der Waals surface area contributed by atoms with Crippen molar-refractivity contribution in [1.29, 1.82) is 0 Å². The van der Waals surface area contributed by atoms with Gasteiger partial charge in [-0.15, -0.1) is 0 Å². The average molecular weight is 314 g/mol. The van der Waals surface area contributed by atoms with Crippen molar-refractivity contribution in [2.75, 3.05) is 5.32 Å². The molecule has 0 saturated heterocycles. The van der Waals surface area contributed by atoms with Gasteiger partial charge in [0.1, 0.15) is 12.1 Å². The quantitative estimate of drug-likeness (QED) is 0.766. The van der Waals surface area contributed by atoms with Crippen molar-refractivity contribution in [1.82, 2.24) is 9.97 Å². The molecule has 1 heterocycles. The van der Waals surface area contributed by atoms with Gasteiger partial charge in [0, 0.05) is 11.9 Å². The number of hydrogen-bond donors (Lipinski definition) is 2. The molecule has 0 unspecified atom stereocenters. The van der Waals surface area contributed by atoms with Crippen LogP contribution < -0.4 is 10.5 Å². The fourth-order valence-corrected chi connectivity index (χ4v) is 2.64. The van der Waals surface area contributed by atoms with Gasteiger partial charge >= 0.3 is 0 Å². The molecule has 0 fully saturated rings. The number of primary sulfonamides is 1. The van der Waals surface area contributed by atoms with E-state index in [0.717, 1.165) is 22.3 Å². The number of sulfonamides is 1. The van der Waals surface area contributed by atoms with E-state index in [9.17, 15) is 8.42 Å². The molecule has 0 aliphatic heterocycles. The number of fused-ring (bicyclic) bond motifs is 1. The van der Waals surface area contributed by atoms with E-state index >= 15 is 0 Å². The zero-order valence-corrected chi connectivity index (χ0v) is 12.4.